The van der Waals surface area contributed by atoms with Crippen molar-refractivity contribution in [2.45, 2.75) is 155 Å². The second-order valence-electron chi connectivity index (χ2n) is 10.7. The largest absolute Gasteiger partial charge is 0.398 e. The van der Waals surface area contributed by atoms with Crippen LogP contribution in [-0.4, -0.2) is 4.86 Å². The Morgan fingerprint density at radius 3 is 1.10 bits per heavy atom. The molecule has 0 spiro atoms. The van der Waals surface area contributed by atoms with Gasteiger partial charge in [-0.1, -0.05) is 150 Å². The SMILES string of the molecule is C=C(C)/C(N)=C(/C)C(C)=S.C=C(C)CCCC.CC(C)C.CCCC.CCCC.CCc1ccc(CC)cc1. The molecule has 0 atom stereocenters. The van der Waals surface area contributed by atoms with E-state index in [4.69, 9.17) is 18.0 Å². The molecule has 39 heavy (non-hydrogen) atoms. The lowest BCUT2D eigenvalue weighted by molar-refractivity contribution is 0.737. The summed E-state index contributed by atoms with van der Waals surface area (Å²) in [7, 11) is 0. The number of unbranched alkanes of at least 4 members (excludes halogenated alkanes) is 3. The van der Waals surface area contributed by atoms with Gasteiger partial charge in [0.25, 0.3) is 0 Å². The van der Waals surface area contributed by atoms with Crippen molar-refractivity contribution in [1.29, 1.82) is 0 Å². The summed E-state index contributed by atoms with van der Waals surface area (Å²) in [4.78, 5) is 0.834. The van der Waals surface area contributed by atoms with Gasteiger partial charge in [0.05, 0.1) is 0 Å². The molecule has 0 aliphatic carbocycles. The number of aryl methyl sites for hydroxylation is 2. The van der Waals surface area contributed by atoms with Crippen LogP contribution >= 0.6 is 12.2 Å². The third kappa shape index (κ3) is 46.5. The van der Waals surface area contributed by atoms with E-state index in [2.05, 4.69) is 114 Å². The zero-order valence-corrected chi connectivity index (χ0v) is 30.0. The molecule has 230 valence electrons. The Balaban J connectivity index is -0.000000125. The lowest BCUT2D eigenvalue weighted by Gasteiger charge is -2.04. The van der Waals surface area contributed by atoms with Gasteiger partial charge in [0.2, 0.25) is 0 Å². The fraction of sp³-hybridized carbons (Fsp3) is 0.649. The van der Waals surface area contributed by atoms with Gasteiger partial charge in [-0.05, 0) is 81.6 Å². The number of benzene rings is 1. The second kappa shape index (κ2) is 36.3. The van der Waals surface area contributed by atoms with Gasteiger partial charge in [-0.3, -0.25) is 0 Å². The Labute approximate surface area is 253 Å². The fourth-order valence-corrected chi connectivity index (χ4v) is 2.11. The van der Waals surface area contributed by atoms with E-state index in [1.54, 1.807) is 0 Å². The van der Waals surface area contributed by atoms with Crippen LogP contribution in [0.1, 0.15) is 153 Å². The minimum Gasteiger partial charge on any atom is -0.398 e. The summed E-state index contributed by atoms with van der Waals surface area (Å²) in [6.45, 7) is 37.0. The highest BCUT2D eigenvalue weighted by molar-refractivity contribution is 7.80. The number of nitrogens with two attached hydrogens (primary N) is 1. The average Bonchev–Trinajstić information content (AvgIpc) is 2.91. The molecule has 1 rings (SSSR count). The number of hydrogen-bond donors (Lipinski definition) is 1. The van der Waals surface area contributed by atoms with E-state index in [1.165, 1.54) is 61.6 Å². The molecular formula is C37H71NS. The molecule has 0 fully saturated rings. The minimum atomic E-state index is 0.715. The molecule has 0 aromatic heterocycles. The predicted octanol–water partition coefficient (Wildman–Crippen LogP) is 13.0. The van der Waals surface area contributed by atoms with Crippen molar-refractivity contribution in [2.75, 3.05) is 0 Å². The van der Waals surface area contributed by atoms with Gasteiger partial charge in [-0.2, -0.15) is 0 Å². The zero-order chi connectivity index (χ0) is 31.8. The van der Waals surface area contributed by atoms with Crippen molar-refractivity contribution in [1.82, 2.24) is 0 Å². The maximum atomic E-state index is 5.65. The predicted molar refractivity (Wildman–Crippen MR) is 191 cm³/mol. The summed E-state index contributed by atoms with van der Waals surface area (Å²) in [6, 6.07) is 8.83. The summed E-state index contributed by atoms with van der Waals surface area (Å²) in [5.41, 5.74) is 12.4. The lowest BCUT2D eigenvalue weighted by atomic mass is 10.1. The standard InChI is InChI=1S/C10H14.C8H13NS.C7H14.3C4H10/c1-3-9-5-7-10(4-2)8-6-9;1-5(2)8(9)6(3)7(4)10;1-4-5-6-7(2)3;1-4(2)3;2*1-3-4-2/h5-8H,3-4H2,1-2H3;1,9H2,2-4H3;2,4-6H2,1,3H3;4H,1-3H3;2*3-4H2,1-2H3/b;8-6+;;;;. The summed E-state index contributed by atoms with van der Waals surface area (Å²) >= 11 is 4.93. The van der Waals surface area contributed by atoms with Crippen LogP contribution in [0.5, 0.6) is 0 Å². The quantitative estimate of drug-likeness (QED) is 0.140. The highest BCUT2D eigenvalue weighted by Crippen LogP contribution is 2.08. The lowest BCUT2D eigenvalue weighted by Crippen LogP contribution is -2.05. The number of hydrogen-bond acceptors (Lipinski definition) is 2. The first-order valence-electron chi connectivity index (χ1n) is 15.5. The van der Waals surface area contributed by atoms with Crippen molar-refractivity contribution in [3.8, 4) is 0 Å². The van der Waals surface area contributed by atoms with E-state index < -0.39 is 0 Å². The molecule has 1 aromatic rings. The molecular weight excluding hydrogens is 490 g/mol. The van der Waals surface area contributed by atoms with E-state index in [0.717, 1.165) is 34.8 Å². The molecule has 0 amide bonds. The first-order valence-corrected chi connectivity index (χ1v) is 15.9. The highest BCUT2D eigenvalue weighted by atomic mass is 32.1. The average molecular weight is 562 g/mol. The molecule has 0 aliphatic heterocycles. The maximum Gasteiger partial charge on any atom is 0.0378 e. The number of thiocarbonyl (C=S) groups is 1. The Hall–Kier alpha value is -1.67. The van der Waals surface area contributed by atoms with Crippen molar-refractivity contribution in [2.24, 2.45) is 11.7 Å². The van der Waals surface area contributed by atoms with E-state index >= 15 is 0 Å². The molecule has 1 aromatic carbocycles. The monoisotopic (exact) mass is 562 g/mol. The topological polar surface area (TPSA) is 26.0 Å². The van der Waals surface area contributed by atoms with Gasteiger partial charge in [0, 0.05) is 10.6 Å². The Morgan fingerprint density at radius 2 is 1.00 bits per heavy atom. The molecule has 0 bridgehead atoms. The molecule has 0 saturated carbocycles. The maximum absolute atomic E-state index is 5.65. The fourth-order valence-electron chi connectivity index (χ4n) is 2.00. The Morgan fingerprint density at radius 1 is 0.692 bits per heavy atom. The van der Waals surface area contributed by atoms with Gasteiger partial charge >= 0.3 is 0 Å². The third-order valence-corrected chi connectivity index (χ3v) is 5.49. The molecule has 0 aliphatic rings. The molecule has 0 heterocycles. The summed E-state index contributed by atoms with van der Waals surface area (Å²) in [5, 5.41) is 0. The van der Waals surface area contributed by atoms with Gasteiger partial charge in [-0.25, -0.2) is 0 Å². The van der Waals surface area contributed by atoms with Crippen LogP contribution in [0.4, 0.5) is 0 Å². The van der Waals surface area contributed by atoms with Gasteiger partial charge in [0.1, 0.15) is 0 Å². The van der Waals surface area contributed by atoms with Crippen molar-refractivity contribution in [3.63, 3.8) is 0 Å². The van der Waals surface area contributed by atoms with Gasteiger partial charge < -0.3 is 5.73 Å². The van der Waals surface area contributed by atoms with E-state index in [9.17, 15) is 0 Å². The normalized spacial score (nSPS) is 9.72. The summed E-state index contributed by atoms with van der Waals surface area (Å²) in [5.74, 6) is 0.833. The third-order valence-electron chi connectivity index (χ3n) is 5.19. The van der Waals surface area contributed by atoms with Crippen LogP contribution in [0.3, 0.4) is 0 Å². The van der Waals surface area contributed by atoms with Crippen molar-refractivity contribution >= 4 is 17.1 Å². The molecule has 0 unspecified atom stereocenters. The summed E-state index contributed by atoms with van der Waals surface area (Å²) in [6.07, 6.45) is 11.4. The molecule has 0 saturated heterocycles. The second-order valence-corrected chi connectivity index (χ2v) is 11.3. The smallest absolute Gasteiger partial charge is 0.0378 e. The van der Waals surface area contributed by atoms with Crippen molar-refractivity contribution in [3.05, 3.63) is 71.0 Å². The number of rotatable bonds is 9. The highest BCUT2D eigenvalue weighted by Gasteiger charge is 1.99. The summed E-state index contributed by atoms with van der Waals surface area (Å²) < 4.78 is 0. The minimum absolute atomic E-state index is 0.715. The Kier molecular flexibility index (Phi) is 43.9. The van der Waals surface area contributed by atoms with Crippen LogP contribution in [0.2, 0.25) is 0 Å². The van der Waals surface area contributed by atoms with Gasteiger partial charge in [-0.15, -0.1) is 6.58 Å². The zero-order valence-electron chi connectivity index (χ0n) is 29.2. The molecule has 0 radical (unpaired) electrons. The van der Waals surface area contributed by atoms with E-state index in [-0.39, 0.29) is 0 Å². The Bertz CT molecular complexity index is 652. The first kappa shape index (κ1) is 47.1. The van der Waals surface area contributed by atoms with E-state index in [0.29, 0.717) is 5.70 Å². The van der Waals surface area contributed by atoms with Crippen LogP contribution in [0.15, 0.2) is 59.8 Å². The van der Waals surface area contributed by atoms with Gasteiger partial charge in [0.15, 0.2) is 0 Å². The number of allylic oxidation sites excluding steroid dienone is 3. The van der Waals surface area contributed by atoms with Crippen LogP contribution in [-0.2, 0) is 12.8 Å². The molecule has 2 N–H and O–H groups in total. The first-order chi connectivity index (χ1) is 18.2. The van der Waals surface area contributed by atoms with Crippen molar-refractivity contribution < 1.29 is 0 Å². The van der Waals surface area contributed by atoms with Crippen LogP contribution in [0, 0.1) is 5.92 Å². The van der Waals surface area contributed by atoms with Crippen LogP contribution < -0.4 is 5.73 Å². The molecule has 2 heteroatoms. The molecule has 1 nitrogen and oxygen atoms in total. The van der Waals surface area contributed by atoms with Crippen LogP contribution in [0.25, 0.3) is 0 Å². The van der Waals surface area contributed by atoms with E-state index in [1.807, 2.05) is 20.8 Å².